The SMILES string of the molecule is C=C(N)N/N=C(/C)c1ccc(NC(=O)c2cc3ccccc3[nH]2)cc1. The molecule has 2 aromatic carbocycles. The van der Waals surface area contributed by atoms with E-state index in [2.05, 4.69) is 27.4 Å². The second-order valence-corrected chi connectivity index (χ2v) is 5.64. The molecule has 0 saturated carbocycles. The number of H-pyrrole nitrogens is 1. The lowest BCUT2D eigenvalue weighted by atomic mass is 10.1. The van der Waals surface area contributed by atoms with E-state index in [1.54, 1.807) is 0 Å². The molecule has 126 valence electrons. The quantitative estimate of drug-likeness (QED) is 0.426. The maximum absolute atomic E-state index is 12.4. The highest BCUT2D eigenvalue weighted by Crippen LogP contribution is 2.16. The molecule has 0 aliphatic heterocycles. The van der Waals surface area contributed by atoms with Gasteiger partial charge in [0.25, 0.3) is 5.91 Å². The minimum atomic E-state index is -0.185. The van der Waals surface area contributed by atoms with Crippen LogP contribution in [0.4, 0.5) is 5.69 Å². The molecule has 3 rings (SSSR count). The van der Waals surface area contributed by atoms with Gasteiger partial charge in [0, 0.05) is 16.6 Å². The second kappa shape index (κ2) is 6.92. The van der Waals surface area contributed by atoms with Gasteiger partial charge < -0.3 is 16.0 Å². The fourth-order valence-corrected chi connectivity index (χ4v) is 2.41. The van der Waals surface area contributed by atoms with Crippen molar-refractivity contribution in [1.82, 2.24) is 10.4 Å². The summed E-state index contributed by atoms with van der Waals surface area (Å²) >= 11 is 0. The summed E-state index contributed by atoms with van der Waals surface area (Å²) in [4.78, 5) is 15.5. The Morgan fingerprint density at radius 1 is 1.16 bits per heavy atom. The van der Waals surface area contributed by atoms with E-state index in [-0.39, 0.29) is 11.7 Å². The number of amides is 1. The van der Waals surface area contributed by atoms with Gasteiger partial charge >= 0.3 is 0 Å². The highest BCUT2D eigenvalue weighted by atomic mass is 16.1. The monoisotopic (exact) mass is 333 g/mol. The fraction of sp³-hybridized carbons (Fsp3) is 0.0526. The van der Waals surface area contributed by atoms with Crippen LogP contribution in [0.2, 0.25) is 0 Å². The van der Waals surface area contributed by atoms with Gasteiger partial charge in [-0.3, -0.25) is 10.2 Å². The maximum atomic E-state index is 12.4. The van der Waals surface area contributed by atoms with Crippen LogP contribution in [-0.2, 0) is 0 Å². The molecule has 6 heteroatoms. The summed E-state index contributed by atoms with van der Waals surface area (Å²) in [6, 6.07) is 17.0. The third kappa shape index (κ3) is 3.87. The number of nitrogens with one attached hydrogen (secondary N) is 3. The summed E-state index contributed by atoms with van der Waals surface area (Å²) in [5.41, 5.74) is 11.9. The molecule has 0 radical (unpaired) electrons. The molecule has 0 unspecified atom stereocenters. The van der Waals surface area contributed by atoms with Gasteiger partial charge in [0.2, 0.25) is 0 Å². The molecule has 1 aromatic heterocycles. The Morgan fingerprint density at radius 3 is 2.56 bits per heavy atom. The first-order chi connectivity index (χ1) is 12.0. The van der Waals surface area contributed by atoms with Gasteiger partial charge in [-0.2, -0.15) is 5.10 Å². The fourth-order valence-electron chi connectivity index (χ4n) is 2.41. The van der Waals surface area contributed by atoms with E-state index in [4.69, 9.17) is 5.73 Å². The Kier molecular flexibility index (Phi) is 4.52. The third-order valence-electron chi connectivity index (χ3n) is 3.70. The number of nitrogens with zero attached hydrogens (tertiary/aromatic N) is 1. The number of carbonyl (C=O) groups is 1. The van der Waals surface area contributed by atoms with Crippen LogP contribution >= 0.6 is 0 Å². The number of nitrogens with two attached hydrogens (primary N) is 1. The van der Waals surface area contributed by atoms with Crippen LogP contribution in [0.25, 0.3) is 10.9 Å². The summed E-state index contributed by atoms with van der Waals surface area (Å²) in [7, 11) is 0. The van der Waals surface area contributed by atoms with Gasteiger partial charge in [-0.05, 0) is 36.8 Å². The Bertz CT molecular complexity index is 920. The summed E-state index contributed by atoms with van der Waals surface area (Å²) in [5, 5.41) is 7.99. The normalized spacial score (nSPS) is 11.3. The van der Waals surface area contributed by atoms with Crippen molar-refractivity contribution in [2.24, 2.45) is 10.8 Å². The molecular weight excluding hydrogens is 314 g/mol. The first-order valence-electron chi connectivity index (χ1n) is 7.77. The summed E-state index contributed by atoms with van der Waals surface area (Å²) < 4.78 is 0. The smallest absolute Gasteiger partial charge is 0.272 e. The molecule has 0 bridgehead atoms. The van der Waals surface area contributed by atoms with E-state index in [0.29, 0.717) is 11.4 Å². The van der Waals surface area contributed by atoms with Crippen molar-refractivity contribution in [1.29, 1.82) is 0 Å². The van der Waals surface area contributed by atoms with Crippen molar-refractivity contribution in [2.45, 2.75) is 6.92 Å². The van der Waals surface area contributed by atoms with E-state index < -0.39 is 0 Å². The molecule has 0 atom stereocenters. The lowest BCUT2D eigenvalue weighted by Gasteiger charge is -2.06. The van der Waals surface area contributed by atoms with Crippen LogP contribution in [0, 0.1) is 0 Å². The van der Waals surface area contributed by atoms with Crippen molar-refractivity contribution >= 4 is 28.2 Å². The number of hydrazone groups is 1. The standard InChI is InChI=1S/C19H19N5O/c1-12(23-24-13(2)20)14-7-9-16(10-8-14)21-19(25)18-11-15-5-3-4-6-17(15)22-18/h3-11,22,24H,2,20H2,1H3,(H,21,25)/b23-12-. The van der Waals surface area contributed by atoms with E-state index in [9.17, 15) is 4.79 Å². The zero-order valence-corrected chi connectivity index (χ0v) is 13.8. The number of benzene rings is 2. The Balaban J connectivity index is 1.71. The lowest BCUT2D eigenvalue weighted by Crippen LogP contribution is -2.15. The molecule has 1 amide bonds. The Labute approximate surface area is 145 Å². The lowest BCUT2D eigenvalue weighted by molar-refractivity contribution is 0.102. The van der Waals surface area contributed by atoms with E-state index in [0.717, 1.165) is 22.2 Å². The van der Waals surface area contributed by atoms with Gasteiger partial charge in [0.05, 0.1) is 5.71 Å². The topological polar surface area (TPSA) is 95.3 Å². The molecule has 0 aliphatic rings. The average Bonchev–Trinajstić information content (AvgIpc) is 3.04. The number of aromatic amines is 1. The van der Waals surface area contributed by atoms with Gasteiger partial charge in [-0.15, -0.1) is 0 Å². The molecule has 6 nitrogen and oxygen atoms in total. The number of hydrogen-bond donors (Lipinski definition) is 4. The van der Waals surface area contributed by atoms with Crippen molar-refractivity contribution < 1.29 is 4.79 Å². The zero-order valence-electron chi connectivity index (χ0n) is 13.8. The molecule has 0 aliphatic carbocycles. The van der Waals surface area contributed by atoms with Gasteiger partial charge in [0.15, 0.2) is 0 Å². The Morgan fingerprint density at radius 2 is 1.88 bits per heavy atom. The number of fused-ring (bicyclic) bond motifs is 1. The number of rotatable bonds is 5. The van der Waals surface area contributed by atoms with E-state index in [1.807, 2.05) is 61.5 Å². The van der Waals surface area contributed by atoms with Crippen molar-refractivity contribution in [3.05, 3.63) is 78.3 Å². The van der Waals surface area contributed by atoms with Gasteiger partial charge in [-0.25, -0.2) is 0 Å². The van der Waals surface area contributed by atoms with Gasteiger partial charge in [-0.1, -0.05) is 36.9 Å². The molecule has 25 heavy (non-hydrogen) atoms. The van der Waals surface area contributed by atoms with Crippen LogP contribution < -0.4 is 16.5 Å². The molecule has 0 spiro atoms. The van der Waals surface area contributed by atoms with Crippen LogP contribution in [0.1, 0.15) is 23.0 Å². The van der Waals surface area contributed by atoms with Crippen LogP contribution in [0.3, 0.4) is 0 Å². The van der Waals surface area contributed by atoms with Crippen LogP contribution in [0.5, 0.6) is 0 Å². The molecular formula is C19H19N5O. The van der Waals surface area contributed by atoms with Gasteiger partial charge in [0.1, 0.15) is 11.5 Å². The van der Waals surface area contributed by atoms with Crippen LogP contribution in [-0.4, -0.2) is 16.6 Å². The predicted octanol–water partition coefficient (Wildman–Crippen LogP) is 3.16. The van der Waals surface area contributed by atoms with Crippen LogP contribution in [0.15, 0.2) is 72.1 Å². The third-order valence-corrected chi connectivity index (χ3v) is 3.70. The summed E-state index contributed by atoms with van der Waals surface area (Å²) in [6.45, 7) is 5.38. The highest BCUT2D eigenvalue weighted by molar-refractivity contribution is 6.06. The molecule has 0 saturated heterocycles. The number of hydrogen-bond acceptors (Lipinski definition) is 4. The maximum Gasteiger partial charge on any atom is 0.272 e. The second-order valence-electron chi connectivity index (χ2n) is 5.64. The minimum Gasteiger partial charge on any atom is -0.385 e. The minimum absolute atomic E-state index is 0.185. The zero-order chi connectivity index (χ0) is 17.8. The summed E-state index contributed by atoms with van der Waals surface area (Å²) in [6.07, 6.45) is 0. The molecule has 0 fully saturated rings. The number of carbonyl (C=O) groups excluding carboxylic acids is 1. The van der Waals surface area contributed by atoms with E-state index >= 15 is 0 Å². The summed E-state index contributed by atoms with van der Waals surface area (Å²) in [5.74, 6) is 0.0944. The molecule has 3 aromatic rings. The largest absolute Gasteiger partial charge is 0.385 e. The van der Waals surface area contributed by atoms with Crippen molar-refractivity contribution in [2.75, 3.05) is 5.32 Å². The average molecular weight is 333 g/mol. The van der Waals surface area contributed by atoms with Crippen molar-refractivity contribution in [3.63, 3.8) is 0 Å². The van der Waals surface area contributed by atoms with E-state index in [1.165, 1.54) is 0 Å². The molecule has 5 N–H and O–H groups in total. The predicted molar refractivity (Wildman–Crippen MR) is 101 cm³/mol. The Hall–Kier alpha value is -3.54. The first kappa shape index (κ1) is 16.3. The van der Waals surface area contributed by atoms with Crippen molar-refractivity contribution in [3.8, 4) is 0 Å². The molecule has 1 heterocycles. The highest BCUT2D eigenvalue weighted by Gasteiger charge is 2.09. The first-order valence-corrected chi connectivity index (χ1v) is 7.77. The number of para-hydroxylation sites is 1. The number of anilines is 1. The number of aromatic nitrogens is 1.